The number of nitrogens with one attached hydrogen (secondary N) is 1. The molecule has 1 heterocycles. The maximum Gasteiger partial charge on any atom is 0.264 e. The van der Waals surface area contributed by atoms with Crippen LogP contribution in [0.2, 0.25) is 0 Å². The monoisotopic (exact) mass is 375 g/mol. The van der Waals surface area contributed by atoms with Crippen LogP contribution in [0, 0.1) is 0 Å². The highest BCUT2D eigenvalue weighted by Crippen LogP contribution is 2.37. The standard InChI is InChI=1S/C19H19Cl2N3O/c20-11-13-24(14-12-21)18-22-17(25)19(23-18,15-7-3-1-4-8-15)16-9-5-2-6-10-16/h1-10H,11-14H2,(H,22,23,25). The summed E-state index contributed by atoms with van der Waals surface area (Å²) in [7, 11) is 0. The quantitative estimate of drug-likeness (QED) is 0.787. The summed E-state index contributed by atoms with van der Waals surface area (Å²) in [5.74, 6) is 1.19. The van der Waals surface area contributed by atoms with Crippen molar-refractivity contribution in [2.24, 2.45) is 4.99 Å². The Kier molecular flexibility index (Phi) is 5.61. The lowest BCUT2D eigenvalue weighted by Crippen LogP contribution is -2.44. The highest BCUT2D eigenvalue weighted by molar-refractivity contribution is 6.19. The van der Waals surface area contributed by atoms with E-state index in [1.54, 1.807) is 0 Å². The molecule has 1 aliphatic heterocycles. The van der Waals surface area contributed by atoms with Crippen molar-refractivity contribution >= 4 is 35.1 Å². The number of rotatable bonds is 6. The second kappa shape index (κ2) is 7.89. The van der Waals surface area contributed by atoms with Crippen molar-refractivity contribution in [1.82, 2.24) is 10.2 Å². The van der Waals surface area contributed by atoms with Gasteiger partial charge in [-0.15, -0.1) is 23.2 Å². The number of hydrogen-bond donors (Lipinski definition) is 1. The Labute approximate surface area is 157 Å². The summed E-state index contributed by atoms with van der Waals surface area (Å²) in [6, 6.07) is 19.2. The lowest BCUT2D eigenvalue weighted by molar-refractivity contribution is -0.122. The summed E-state index contributed by atoms with van der Waals surface area (Å²) in [6.45, 7) is 1.13. The minimum Gasteiger partial charge on any atom is -0.340 e. The van der Waals surface area contributed by atoms with Gasteiger partial charge in [0.25, 0.3) is 5.91 Å². The van der Waals surface area contributed by atoms with Gasteiger partial charge in [0, 0.05) is 24.8 Å². The van der Waals surface area contributed by atoms with Crippen LogP contribution in [0.25, 0.3) is 0 Å². The third-order valence-corrected chi connectivity index (χ3v) is 4.56. The average Bonchev–Trinajstić information content (AvgIpc) is 3.01. The first kappa shape index (κ1) is 17.8. The average molecular weight is 376 g/mol. The van der Waals surface area contributed by atoms with Gasteiger partial charge in [-0.3, -0.25) is 10.1 Å². The predicted octanol–water partition coefficient (Wildman–Crippen LogP) is 3.20. The summed E-state index contributed by atoms with van der Waals surface area (Å²) in [5, 5.41) is 2.93. The van der Waals surface area contributed by atoms with E-state index in [0.717, 1.165) is 11.1 Å². The summed E-state index contributed by atoms with van der Waals surface area (Å²) in [6.07, 6.45) is 0. The smallest absolute Gasteiger partial charge is 0.264 e. The molecule has 2 aromatic carbocycles. The van der Waals surface area contributed by atoms with Crippen LogP contribution < -0.4 is 5.32 Å². The molecule has 2 aromatic rings. The van der Waals surface area contributed by atoms with E-state index in [1.807, 2.05) is 65.6 Å². The van der Waals surface area contributed by atoms with Gasteiger partial charge in [0.15, 0.2) is 5.54 Å². The first-order valence-corrected chi connectivity index (χ1v) is 9.18. The molecule has 0 aromatic heterocycles. The molecule has 0 spiro atoms. The van der Waals surface area contributed by atoms with Gasteiger partial charge in [-0.25, -0.2) is 4.99 Å². The number of aliphatic imine (C=N–C) groups is 1. The summed E-state index contributed by atoms with van der Waals surface area (Å²) in [5.41, 5.74) is 0.546. The first-order chi connectivity index (χ1) is 12.2. The molecule has 25 heavy (non-hydrogen) atoms. The van der Waals surface area contributed by atoms with Gasteiger partial charge < -0.3 is 4.90 Å². The highest BCUT2D eigenvalue weighted by atomic mass is 35.5. The molecular weight excluding hydrogens is 357 g/mol. The number of carbonyl (C=O) groups excluding carboxylic acids is 1. The maximum absolute atomic E-state index is 13.1. The van der Waals surface area contributed by atoms with E-state index in [2.05, 4.69) is 5.32 Å². The molecule has 1 amide bonds. The SMILES string of the molecule is O=C1NC(N(CCCl)CCCl)=NC1(c1ccccc1)c1ccccc1. The van der Waals surface area contributed by atoms with Crippen LogP contribution in [0.4, 0.5) is 0 Å². The maximum atomic E-state index is 13.1. The van der Waals surface area contributed by atoms with Crippen LogP contribution in [0.3, 0.4) is 0 Å². The molecule has 3 rings (SSSR count). The molecule has 0 bridgehead atoms. The molecule has 6 heteroatoms. The van der Waals surface area contributed by atoms with E-state index in [0.29, 0.717) is 30.8 Å². The second-order valence-electron chi connectivity index (χ2n) is 5.70. The summed E-state index contributed by atoms with van der Waals surface area (Å²) < 4.78 is 0. The van der Waals surface area contributed by atoms with E-state index in [4.69, 9.17) is 28.2 Å². The summed E-state index contributed by atoms with van der Waals surface area (Å²) >= 11 is 11.8. The van der Waals surface area contributed by atoms with Crippen LogP contribution >= 0.6 is 23.2 Å². The van der Waals surface area contributed by atoms with Gasteiger partial charge in [-0.05, 0) is 11.1 Å². The fourth-order valence-corrected chi connectivity index (χ4v) is 3.43. The summed E-state index contributed by atoms with van der Waals surface area (Å²) in [4.78, 5) is 19.9. The van der Waals surface area contributed by atoms with E-state index >= 15 is 0 Å². The third-order valence-electron chi connectivity index (χ3n) is 4.22. The van der Waals surface area contributed by atoms with E-state index < -0.39 is 5.54 Å². The Morgan fingerprint density at radius 2 is 1.36 bits per heavy atom. The van der Waals surface area contributed by atoms with Gasteiger partial charge >= 0.3 is 0 Å². The molecule has 0 saturated carbocycles. The number of halogens is 2. The van der Waals surface area contributed by atoms with Crippen molar-refractivity contribution in [3.63, 3.8) is 0 Å². The number of guanidine groups is 1. The van der Waals surface area contributed by atoms with Crippen molar-refractivity contribution in [2.45, 2.75) is 5.54 Å². The van der Waals surface area contributed by atoms with E-state index in [9.17, 15) is 4.79 Å². The van der Waals surface area contributed by atoms with Crippen LogP contribution in [-0.4, -0.2) is 41.6 Å². The Morgan fingerprint density at radius 3 is 1.80 bits per heavy atom. The van der Waals surface area contributed by atoms with E-state index in [1.165, 1.54) is 0 Å². The van der Waals surface area contributed by atoms with Crippen molar-refractivity contribution < 1.29 is 4.79 Å². The first-order valence-electron chi connectivity index (χ1n) is 8.11. The van der Waals surface area contributed by atoms with Gasteiger partial charge in [0.2, 0.25) is 5.96 Å². The number of amides is 1. The van der Waals surface area contributed by atoms with Gasteiger partial charge in [-0.2, -0.15) is 0 Å². The number of hydrogen-bond acceptors (Lipinski definition) is 3. The number of benzene rings is 2. The fraction of sp³-hybridized carbons (Fsp3) is 0.263. The van der Waals surface area contributed by atoms with Crippen molar-refractivity contribution in [2.75, 3.05) is 24.8 Å². The molecule has 130 valence electrons. The van der Waals surface area contributed by atoms with Crippen molar-refractivity contribution in [3.05, 3.63) is 71.8 Å². The minimum absolute atomic E-state index is 0.172. The fourth-order valence-electron chi connectivity index (χ4n) is 3.02. The van der Waals surface area contributed by atoms with Crippen LogP contribution in [-0.2, 0) is 10.3 Å². The van der Waals surface area contributed by atoms with Gasteiger partial charge in [0.05, 0.1) is 0 Å². The van der Waals surface area contributed by atoms with Gasteiger partial charge in [-0.1, -0.05) is 60.7 Å². The highest BCUT2D eigenvalue weighted by Gasteiger charge is 2.47. The Balaban J connectivity index is 2.13. The van der Waals surface area contributed by atoms with Crippen LogP contribution in [0.15, 0.2) is 65.7 Å². The Hall–Kier alpha value is -2.04. The second-order valence-corrected chi connectivity index (χ2v) is 6.45. The number of nitrogens with zero attached hydrogens (tertiary/aromatic N) is 2. The molecule has 1 aliphatic rings. The zero-order chi connectivity index (χ0) is 17.7. The normalized spacial score (nSPS) is 15.6. The van der Waals surface area contributed by atoms with Crippen LogP contribution in [0.1, 0.15) is 11.1 Å². The minimum atomic E-state index is -1.10. The van der Waals surface area contributed by atoms with Gasteiger partial charge in [0.1, 0.15) is 0 Å². The zero-order valence-corrected chi connectivity index (χ0v) is 15.2. The molecular formula is C19H19Cl2N3O. The molecule has 0 fully saturated rings. The van der Waals surface area contributed by atoms with Crippen LogP contribution in [0.5, 0.6) is 0 Å². The van der Waals surface area contributed by atoms with Crippen molar-refractivity contribution in [3.8, 4) is 0 Å². The molecule has 4 nitrogen and oxygen atoms in total. The molecule has 0 aliphatic carbocycles. The molecule has 0 atom stereocenters. The third kappa shape index (κ3) is 3.37. The number of carbonyl (C=O) groups is 1. The molecule has 0 saturated heterocycles. The Morgan fingerprint density at radius 1 is 0.880 bits per heavy atom. The van der Waals surface area contributed by atoms with E-state index in [-0.39, 0.29) is 5.91 Å². The lowest BCUT2D eigenvalue weighted by Gasteiger charge is -2.24. The van der Waals surface area contributed by atoms with Crippen molar-refractivity contribution in [1.29, 1.82) is 0 Å². The molecule has 0 radical (unpaired) electrons. The zero-order valence-electron chi connectivity index (χ0n) is 13.7. The topological polar surface area (TPSA) is 44.7 Å². The largest absolute Gasteiger partial charge is 0.340 e. The Bertz CT molecular complexity index is 704. The predicted molar refractivity (Wildman–Crippen MR) is 102 cm³/mol. The molecule has 0 unspecified atom stereocenters. The molecule has 1 N–H and O–H groups in total. The number of alkyl halides is 2. The lowest BCUT2D eigenvalue weighted by atomic mass is 9.83.